The highest BCUT2D eigenvalue weighted by Crippen LogP contribution is 2.18. The van der Waals surface area contributed by atoms with E-state index in [-0.39, 0.29) is 17.8 Å². The maximum absolute atomic E-state index is 11.7. The number of carboxylic acids is 1. The number of aromatic nitrogens is 1. The van der Waals surface area contributed by atoms with Crippen molar-refractivity contribution in [3.8, 4) is 0 Å². The van der Waals surface area contributed by atoms with Crippen LogP contribution in [0.15, 0.2) is 6.07 Å². The van der Waals surface area contributed by atoms with Crippen LogP contribution in [0.4, 0.5) is 5.69 Å². The number of carboxylic acid groups (broad SMARTS) is 1. The smallest absolute Gasteiger partial charge is 0.354 e. The fourth-order valence-electron chi connectivity index (χ4n) is 1.38. The Hall–Kier alpha value is -2.03. The molecule has 0 fully saturated rings. The number of aromatic amines is 1. The van der Waals surface area contributed by atoms with E-state index in [0.717, 1.165) is 7.11 Å². The van der Waals surface area contributed by atoms with E-state index in [4.69, 9.17) is 5.11 Å². The van der Waals surface area contributed by atoms with Gasteiger partial charge in [0.15, 0.2) is 0 Å². The van der Waals surface area contributed by atoms with Crippen LogP contribution >= 0.6 is 0 Å². The van der Waals surface area contributed by atoms with Crippen molar-refractivity contribution in [2.24, 2.45) is 0 Å². The molecule has 0 unspecified atom stereocenters. The average Bonchev–Trinajstić information content (AvgIpc) is 2.66. The summed E-state index contributed by atoms with van der Waals surface area (Å²) in [4.78, 5) is 24.3. The van der Waals surface area contributed by atoms with Crippen molar-refractivity contribution in [3.05, 3.63) is 17.5 Å². The van der Waals surface area contributed by atoms with Gasteiger partial charge in [0.25, 0.3) is 0 Å². The Balaban J connectivity index is 2.84. The van der Waals surface area contributed by atoms with E-state index in [1.807, 2.05) is 0 Å². The standard InChI is InChI=1S/C10H14N2O6S/c1-6-5-7(9(11-6)10(14)15)12-19(16,17)4-3-8(13)18-2/h5,11-12H,3-4H2,1-2H3,(H,14,15). The zero-order chi connectivity index (χ0) is 14.6. The maximum Gasteiger partial charge on any atom is 0.354 e. The Kier molecular flexibility index (Phi) is 4.54. The van der Waals surface area contributed by atoms with E-state index in [1.165, 1.54) is 6.07 Å². The molecule has 0 aliphatic carbocycles. The van der Waals surface area contributed by atoms with Crippen molar-refractivity contribution in [3.63, 3.8) is 0 Å². The third-order valence-corrected chi connectivity index (χ3v) is 3.51. The summed E-state index contributed by atoms with van der Waals surface area (Å²) in [6, 6.07) is 1.36. The molecule has 8 nitrogen and oxygen atoms in total. The van der Waals surface area contributed by atoms with E-state index in [1.54, 1.807) is 6.92 Å². The van der Waals surface area contributed by atoms with Crippen molar-refractivity contribution in [1.82, 2.24) is 4.98 Å². The van der Waals surface area contributed by atoms with E-state index >= 15 is 0 Å². The van der Waals surface area contributed by atoms with E-state index < -0.39 is 27.7 Å². The topological polar surface area (TPSA) is 126 Å². The summed E-state index contributed by atoms with van der Waals surface area (Å²) in [6.07, 6.45) is -0.308. The molecule has 0 amide bonds. The molecular weight excluding hydrogens is 276 g/mol. The molecular formula is C10H14N2O6S. The number of aromatic carboxylic acids is 1. The summed E-state index contributed by atoms with van der Waals surface area (Å²) in [5.74, 6) is -2.42. The molecule has 106 valence electrons. The second-order valence-electron chi connectivity index (χ2n) is 3.79. The second-order valence-corrected chi connectivity index (χ2v) is 5.64. The largest absolute Gasteiger partial charge is 0.477 e. The number of carbonyl (C=O) groups is 2. The minimum atomic E-state index is -3.82. The van der Waals surface area contributed by atoms with Gasteiger partial charge in [0.2, 0.25) is 10.0 Å². The van der Waals surface area contributed by atoms with Gasteiger partial charge in [0.1, 0.15) is 5.69 Å². The summed E-state index contributed by atoms with van der Waals surface area (Å²) < 4.78 is 29.8. The number of hydrogen-bond acceptors (Lipinski definition) is 5. The van der Waals surface area contributed by atoms with Crippen LogP contribution in [0, 0.1) is 6.92 Å². The number of H-pyrrole nitrogens is 1. The summed E-state index contributed by atoms with van der Waals surface area (Å²) in [5, 5.41) is 8.89. The zero-order valence-corrected chi connectivity index (χ0v) is 11.2. The van der Waals surface area contributed by atoms with E-state index in [0.29, 0.717) is 5.69 Å². The summed E-state index contributed by atoms with van der Waals surface area (Å²) >= 11 is 0. The Morgan fingerprint density at radius 1 is 1.47 bits per heavy atom. The van der Waals surface area contributed by atoms with Gasteiger partial charge in [-0.25, -0.2) is 13.2 Å². The third-order valence-electron chi connectivity index (χ3n) is 2.23. The fourth-order valence-corrected chi connectivity index (χ4v) is 2.41. The van der Waals surface area contributed by atoms with E-state index in [9.17, 15) is 18.0 Å². The number of hydrogen-bond donors (Lipinski definition) is 3. The molecule has 1 rings (SSSR count). The van der Waals surface area contributed by atoms with Crippen LogP contribution in [0.5, 0.6) is 0 Å². The molecule has 1 heterocycles. The molecule has 0 aromatic carbocycles. The van der Waals surface area contributed by atoms with Crippen LogP contribution in [0.2, 0.25) is 0 Å². The van der Waals surface area contributed by atoms with Crippen LogP contribution in [-0.2, 0) is 19.6 Å². The van der Waals surface area contributed by atoms with Crippen LogP contribution < -0.4 is 4.72 Å². The minimum Gasteiger partial charge on any atom is -0.477 e. The average molecular weight is 290 g/mol. The normalized spacial score (nSPS) is 11.1. The number of nitrogens with one attached hydrogen (secondary N) is 2. The van der Waals surface area contributed by atoms with Crippen LogP contribution in [0.25, 0.3) is 0 Å². The fraction of sp³-hybridized carbons (Fsp3) is 0.400. The van der Waals surface area contributed by atoms with Crippen molar-refractivity contribution < 1.29 is 27.9 Å². The van der Waals surface area contributed by atoms with Crippen molar-refractivity contribution in [2.75, 3.05) is 17.6 Å². The number of ether oxygens (including phenoxy) is 1. The molecule has 0 atom stereocenters. The molecule has 19 heavy (non-hydrogen) atoms. The highest BCUT2D eigenvalue weighted by atomic mass is 32.2. The molecule has 0 saturated heterocycles. The Bertz CT molecular complexity index is 589. The van der Waals surface area contributed by atoms with Crippen LogP contribution in [-0.4, -0.2) is 43.3 Å². The molecule has 1 aromatic rings. The molecule has 0 saturated carbocycles. The zero-order valence-electron chi connectivity index (χ0n) is 10.4. The number of methoxy groups -OCH3 is 1. The Morgan fingerprint density at radius 2 is 2.11 bits per heavy atom. The highest BCUT2D eigenvalue weighted by molar-refractivity contribution is 7.92. The van der Waals surface area contributed by atoms with Gasteiger partial charge >= 0.3 is 11.9 Å². The second kappa shape index (κ2) is 5.74. The number of carbonyl (C=O) groups excluding carboxylic acids is 1. The van der Waals surface area contributed by atoms with Crippen molar-refractivity contribution in [2.45, 2.75) is 13.3 Å². The summed E-state index contributed by atoms with van der Waals surface area (Å²) in [7, 11) is -2.66. The van der Waals surface area contributed by atoms with Gasteiger partial charge in [-0.3, -0.25) is 9.52 Å². The van der Waals surface area contributed by atoms with Gasteiger partial charge in [-0.05, 0) is 13.0 Å². The lowest BCUT2D eigenvalue weighted by molar-refractivity contribution is -0.140. The first-order valence-electron chi connectivity index (χ1n) is 5.25. The van der Waals surface area contributed by atoms with Gasteiger partial charge in [-0.15, -0.1) is 0 Å². The summed E-state index contributed by atoms with van der Waals surface area (Å²) in [6.45, 7) is 1.60. The Labute approximate surface area is 109 Å². The molecule has 0 radical (unpaired) electrons. The third kappa shape index (κ3) is 4.28. The van der Waals surface area contributed by atoms with Crippen LogP contribution in [0.3, 0.4) is 0 Å². The van der Waals surface area contributed by atoms with E-state index in [2.05, 4.69) is 14.4 Å². The first kappa shape index (κ1) is 15.0. The number of esters is 1. The Morgan fingerprint density at radius 3 is 2.63 bits per heavy atom. The van der Waals surface area contributed by atoms with Gasteiger partial charge < -0.3 is 14.8 Å². The molecule has 0 bridgehead atoms. The molecule has 3 N–H and O–H groups in total. The van der Waals surface area contributed by atoms with Gasteiger partial charge in [0, 0.05) is 5.69 Å². The van der Waals surface area contributed by atoms with Crippen molar-refractivity contribution >= 4 is 27.6 Å². The lowest BCUT2D eigenvalue weighted by atomic mass is 10.4. The molecule has 0 spiro atoms. The summed E-state index contributed by atoms with van der Waals surface area (Å²) in [5.41, 5.74) is 0.192. The lowest BCUT2D eigenvalue weighted by Gasteiger charge is -2.06. The minimum absolute atomic E-state index is 0.0603. The predicted molar refractivity (Wildman–Crippen MR) is 66.5 cm³/mol. The molecule has 1 aromatic heterocycles. The first-order valence-corrected chi connectivity index (χ1v) is 6.90. The van der Waals surface area contributed by atoms with Gasteiger partial charge in [-0.1, -0.05) is 0 Å². The number of sulfonamides is 1. The van der Waals surface area contributed by atoms with Gasteiger partial charge in [0.05, 0.1) is 25.0 Å². The maximum atomic E-state index is 11.7. The monoisotopic (exact) mass is 290 g/mol. The quantitative estimate of drug-likeness (QED) is 0.648. The number of rotatable bonds is 6. The number of aryl methyl sites for hydroxylation is 1. The lowest BCUT2D eigenvalue weighted by Crippen LogP contribution is -2.20. The molecule has 0 aliphatic rings. The predicted octanol–water partition coefficient (Wildman–Crippen LogP) is 0.326. The highest BCUT2D eigenvalue weighted by Gasteiger charge is 2.19. The van der Waals surface area contributed by atoms with Crippen molar-refractivity contribution in [1.29, 1.82) is 0 Å². The van der Waals surface area contributed by atoms with Gasteiger partial charge in [-0.2, -0.15) is 0 Å². The molecule has 9 heteroatoms. The van der Waals surface area contributed by atoms with Crippen LogP contribution in [0.1, 0.15) is 22.6 Å². The number of anilines is 1. The molecule has 0 aliphatic heterocycles. The first-order chi connectivity index (χ1) is 8.75. The SMILES string of the molecule is COC(=O)CCS(=O)(=O)Nc1cc(C)[nH]c1C(=O)O.